The van der Waals surface area contributed by atoms with Gasteiger partial charge in [-0.1, -0.05) is 0 Å². The minimum absolute atomic E-state index is 0.275. The van der Waals surface area contributed by atoms with Crippen LogP contribution in [0.5, 0.6) is 5.75 Å². The van der Waals surface area contributed by atoms with Gasteiger partial charge >= 0.3 is 5.97 Å². The lowest BCUT2D eigenvalue weighted by molar-refractivity contribution is -0.137. The largest absolute Gasteiger partial charge is 0.497 e. The quantitative estimate of drug-likeness (QED) is 0.309. The van der Waals surface area contributed by atoms with Crippen molar-refractivity contribution < 1.29 is 14.6 Å². The smallest absolute Gasteiger partial charge is 0.303 e. The number of rotatable bonds is 13. The molecule has 3 heterocycles. The summed E-state index contributed by atoms with van der Waals surface area (Å²) in [4.78, 5) is 18.4. The van der Waals surface area contributed by atoms with Crippen molar-refractivity contribution >= 4 is 16.9 Å². The number of carbonyl (C=O) groups is 1. The zero-order valence-electron chi connectivity index (χ0n) is 21.9. The average Bonchev–Trinajstić information content (AvgIpc) is 3.30. The molecule has 1 aliphatic heterocycles. The molecule has 36 heavy (non-hydrogen) atoms. The Kier molecular flexibility index (Phi) is 9.40. The molecule has 4 rings (SSSR count). The lowest BCUT2D eigenvalue weighted by Crippen LogP contribution is -2.41. The first-order valence-corrected chi connectivity index (χ1v) is 13.5. The fourth-order valence-corrected chi connectivity index (χ4v) is 5.85. The number of likely N-dealkylation sites (tertiary alicyclic amines) is 1. The molecule has 0 saturated carbocycles. The first-order chi connectivity index (χ1) is 17.5. The van der Waals surface area contributed by atoms with Gasteiger partial charge in [-0.3, -0.25) is 9.78 Å². The predicted octanol–water partition coefficient (Wildman–Crippen LogP) is 5.73. The summed E-state index contributed by atoms with van der Waals surface area (Å²) in [5.74, 6) is 1.26. The van der Waals surface area contributed by atoms with Crippen LogP contribution in [0.1, 0.15) is 56.2 Å². The first kappa shape index (κ1) is 26.2. The van der Waals surface area contributed by atoms with E-state index in [4.69, 9.17) is 4.74 Å². The van der Waals surface area contributed by atoms with E-state index in [1.54, 1.807) is 7.11 Å². The van der Waals surface area contributed by atoms with Crippen molar-refractivity contribution in [1.82, 2.24) is 14.5 Å². The topological polar surface area (TPSA) is 67.6 Å². The Bertz CT molecular complexity index is 1130. The van der Waals surface area contributed by atoms with E-state index in [1.165, 1.54) is 35.9 Å². The number of aryl methyl sites for hydroxylation is 3. The highest BCUT2D eigenvalue weighted by atomic mass is 16.5. The van der Waals surface area contributed by atoms with E-state index in [1.807, 2.05) is 18.3 Å². The van der Waals surface area contributed by atoms with E-state index >= 15 is 0 Å². The second kappa shape index (κ2) is 12.9. The summed E-state index contributed by atoms with van der Waals surface area (Å²) in [5, 5.41) is 10.5. The van der Waals surface area contributed by atoms with Crippen molar-refractivity contribution in [3.8, 4) is 5.75 Å². The summed E-state index contributed by atoms with van der Waals surface area (Å²) >= 11 is 0. The second-order valence-electron chi connectivity index (χ2n) is 10.4. The summed E-state index contributed by atoms with van der Waals surface area (Å²) in [7, 11) is 3.81. The Labute approximate surface area is 215 Å². The normalized spacial score (nSPS) is 18.5. The number of unbranched alkanes of at least 4 members (excludes halogenated alkanes) is 1. The lowest BCUT2D eigenvalue weighted by atomic mass is 9.79. The molecule has 0 spiro atoms. The first-order valence-electron chi connectivity index (χ1n) is 13.5. The Hall–Kier alpha value is -2.86. The number of hydrogen-bond acceptors (Lipinski definition) is 4. The standard InChI is InChI=1S/C30H41N3O3/c1-32-18-6-10-26(32)9-3-4-19-33-20-16-23(25(22-33)11-14-30(34)35)7-5-8-24-15-17-31-29-13-12-27(36-2)21-28(24)29/h6,10,12-13,15,17-18,21,23,25H,3-5,7-9,11,14,16,19-20,22H2,1-2H3,(H,34,35)/t23-,25+/m1/s1. The van der Waals surface area contributed by atoms with Crippen molar-refractivity contribution in [2.24, 2.45) is 18.9 Å². The van der Waals surface area contributed by atoms with Gasteiger partial charge in [0.1, 0.15) is 5.75 Å². The number of ether oxygens (including phenoxy) is 1. The molecule has 0 bridgehead atoms. The van der Waals surface area contributed by atoms with Gasteiger partial charge in [0.2, 0.25) is 0 Å². The Morgan fingerprint density at radius 1 is 1.11 bits per heavy atom. The van der Waals surface area contributed by atoms with Crippen LogP contribution in [-0.4, -0.2) is 52.3 Å². The van der Waals surface area contributed by atoms with E-state index in [0.29, 0.717) is 11.8 Å². The summed E-state index contributed by atoms with van der Waals surface area (Å²) in [6, 6.07) is 12.5. The third-order valence-electron chi connectivity index (χ3n) is 7.97. The summed E-state index contributed by atoms with van der Waals surface area (Å²) in [6.45, 7) is 3.29. The number of hydrogen-bond donors (Lipinski definition) is 1. The molecule has 6 nitrogen and oxygen atoms in total. The van der Waals surface area contributed by atoms with Crippen LogP contribution >= 0.6 is 0 Å². The van der Waals surface area contributed by atoms with Crippen molar-refractivity contribution in [3.05, 3.63) is 60.0 Å². The number of carboxylic acid groups (broad SMARTS) is 1. The molecule has 1 fully saturated rings. The Morgan fingerprint density at radius 2 is 2.00 bits per heavy atom. The van der Waals surface area contributed by atoms with Crippen molar-refractivity contribution in [2.45, 2.75) is 57.8 Å². The number of methoxy groups -OCH3 is 1. The highest BCUT2D eigenvalue weighted by Crippen LogP contribution is 2.32. The zero-order valence-corrected chi connectivity index (χ0v) is 21.9. The molecule has 0 radical (unpaired) electrons. The van der Waals surface area contributed by atoms with Gasteiger partial charge < -0.3 is 19.3 Å². The highest BCUT2D eigenvalue weighted by molar-refractivity contribution is 5.83. The monoisotopic (exact) mass is 491 g/mol. The SMILES string of the molecule is COc1ccc2nccc(CCC[C@@H]3CCN(CCCCc4cccn4C)C[C@@H]3CCC(=O)O)c2c1. The number of aliphatic carboxylic acids is 1. The molecule has 1 saturated heterocycles. The van der Waals surface area contributed by atoms with Gasteiger partial charge in [0, 0.05) is 43.5 Å². The summed E-state index contributed by atoms with van der Waals surface area (Å²) < 4.78 is 7.63. The number of carboxylic acids is 1. The van der Waals surface area contributed by atoms with Crippen LogP contribution in [0.4, 0.5) is 0 Å². The van der Waals surface area contributed by atoms with Crippen molar-refractivity contribution in [2.75, 3.05) is 26.7 Å². The minimum Gasteiger partial charge on any atom is -0.497 e. The Morgan fingerprint density at radius 3 is 2.78 bits per heavy atom. The lowest BCUT2D eigenvalue weighted by Gasteiger charge is -2.39. The third kappa shape index (κ3) is 7.10. The molecule has 2 aromatic heterocycles. The molecular weight excluding hydrogens is 450 g/mol. The Balaban J connectivity index is 1.29. The average molecular weight is 492 g/mol. The molecule has 3 aromatic rings. The maximum absolute atomic E-state index is 11.3. The van der Waals surface area contributed by atoms with Gasteiger partial charge in [0.05, 0.1) is 12.6 Å². The molecule has 2 atom stereocenters. The van der Waals surface area contributed by atoms with Crippen LogP contribution in [0, 0.1) is 11.8 Å². The van der Waals surface area contributed by atoms with Crippen LogP contribution in [0.15, 0.2) is 48.8 Å². The van der Waals surface area contributed by atoms with E-state index in [2.05, 4.69) is 52.0 Å². The van der Waals surface area contributed by atoms with Gasteiger partial charge in [-0.2, -0.15) is 0 Å². The van der Waals surface area contributed by atoms with Crippen LogP contribution in [0.2, 0.25) is 0 Å². The van der Waals surface area contributed by atoms with Gasteiger partial charge in [-0.25, -0.2) is 0 Å². The van der Waals surface area contributed by atoms with Crippen molar-refractivity contribution in [1.29, 1.82) is 0 Å². The van der Waals surface area contributed by atoms with E-state index in [0.717, 1.165) is 63.0 Å². The number of fused-ring (bicyclic) bond motifs is 1. The van der Waals surface area contributed by atoms with E-state index in [9.17, 15) is 9.90 Å². The maximum atomic E-state index is 11.3. The fourth-order valence-electron chi connectivity index (χ4n) is 5.85. The number of pyridine rings is 1. The molecule has 0 unspecified atom stereocenters. The van der Waals surface area contributed by atoms with E-state index in [-0.39, 0.29) is 6.42 Å². The number of piperidine rings is 1. The molecule has 0 amide bonds. The third-order valence-corrected chi connectivity index (χ3v) is 7.97. The molecular formula is C30H41N3O3. The molecule has 6 heteroatoms. The molecule has 1 aliphatic rings. The predicted molar refractivity (Wildman–Crippen MR) is 144 cm³/mol. The van der Waals surface area contributed by atoms with Gasteiger partial charge in [-0.15, -0.1) is 0 Å². The van der Waals surface area contributed by atoms with Gasteiger partial charge in [0.15, 0.2) is 0 Å². The van der Waals surface area contributed by atoms with Crippen LogP contribution in [0.25, 0.3) is 10.9 Å². The van der Waals surface area contributed by atoms with Crippen molar-refractivity contribution in [3.63, 3.8) is 0 Å². The maximum Gasteiger partial charge on any atom is 0.303 e. The highest BCUT2D eigenvalue weighted by Gasteiger charge is 2.29. The van der Waals surface area contributed by atoms with Gasteiger partial charge in [-0.05, 0) is 118 Å². The van der Waals surface area contributed by atoms with Crippen LogP contribution < -0.4 is 4.74 Å². The fraction of sp³-hybridized carbons (Fsp3) is 0.533. The molecule has 1 N–H and O–H groups in total. The van der Waals surface area contributed by atoms with Crippen LogP contribution in [0.3, 0.4) is 0 Å². The molecule has 1 aromatic carbocycles. The van der Waals surface area contributed by atoms with Crippen LogP contribution in [-0.2, 0) is 24.7 Å². The van der Waals surface area contributed by atoms with E-state index < -0.39 is 5.97 Å². The number of benzene rings is 1. The molecule has 0 aliphatic carbocycles. The minimum atomic E-state index is -0.675. The number of aromatic nitrogens is 2. The summed E-state index contributed by atoms with van der Waals surface area (Å²) in [6.07, 6.45) is 13.0. The zero-order chi connectivity index (χ0) is 25.3. The number of nitrogens with zero attached hydrogens (tertiary/aromatic N) is 3. The second-order valence-corrected chi connectivity index (χ2v) is 10.4. The van der Waals surface area contributed by atoms with Gasteiger partial charge in [0.25, 0.3) is 0 Å². The molecule has 194 valence electrons. The summed E-state index contributed by atoms with van der Waals surface area (Å²) in [5.41, 5.74) is 3.72.